The van der Waals surface area contributed by atoms with Crippen LogP contribution in [0, 0.1) is 6.92 Å². The number of hydrogen-bond donors (Lipinski definition) is 0. The van der Waals surface area contributed by atoms with Crippen molar-refractivity contribution in [2.75, 3.05) is 26.2 Å². The molecule has 0 aromatic heterocycles. The Labute approximate surface area is 153 Å². The molecule has 1 aliphatic heterocycles. The molecule has 0 spiro atoms. The standard InChI is InChI=1S/C20H24BrN3/c1-16-6-8-18(9-7-16)15-23-10-12-24(13-11-23)22-17(2)19-4-3-5-20(21)14-19/h3-9,14H,10-13,15H2,1-2H3. The molecule has 4 heteroatoms. The number of rotatable bonds is 4. The van der Waals surface area contributed by atoms with Crippen LogP contribution in [0.5, 0.6) is 0 Å². The van der Waals surface area contributed by atoms with Crippen molar-refractivity contribution in [3.63, 3.8) is 0 Å². The molecule has 3 rings (SSSR count). The molecule has 0 saturated carbocycles. The smallest absolute Gasteiger partial charge is 0.0647 e. The van der Waals surface area contributed by atoms with Crippen molar-refractivity contribution in [3.05, 3.63) is 69.7 Å². The number of halogens is 1. The van der Waals surface area contributed by atoms with E-state index in [-0.39, 0.29) is 0 Å². The van der Waals surface area contributed by atoms with Crippen LogP contribution in [0.1, 0.15) is 23.6 Å². The summed E-state index contributed by atoms with van der Waals surface area (Å²) in [6.45, 7) is 9.33. The first-order valence-electron chi connectivity index (χ1n) is 8.44. The van der Waals surface area contributed by atoms with Gasteiger partial charge in [0.15, 0.2) is 0 Å². The van der Waals surface area contributed by atoms with Crippen molar-refractivity contribution in [1.29, 1.82) is 0 Å². The van der Waals surface area contributed by atoms with E-state index in [2.05, 4.69) is 82.2 Å². The van der Waals surface area contributed by atoms with Crippen LogP contribution in [0.3, 0.4) is 0 Å². The van der Waals surface area contributed by atoms with Gasteiger partial charge in [-0.25, -0.2) is 0 Å². The normalized spacial score (nSPS) is 16.5. The number of hydrazone groups is 1. The molecular formula is C20H24BrN3. The zero-order chi connectivity index (χ0) is 16.9. The molecule has 1 heterocycles. The molecule has 0 unspecified atom stereocenters. The van der Waals surface area contributed by atoms with Gasteiger partial charge < -0.3 is 0 Å². The lowest BCUT2D eigenvalue weighted by atomic mass is 10.1. The fourth-order valence-electron chi connectivity index (χ4n) is 2.93. The Morgan fingerprint density at radius 3 is 2.42 bits per heavy atom. The van der Waals surface area contributed by atoms with Gasteiger partial charge >= 0.3 is 0 Å². The molecule has 0 bridgehead atoms. The Bertz CT molecular complexity index is 701. The first-order chi connectivity index (χ1) is 11.6. The predicted molar refractivity (Wildman–Crippen MR) is 104 cm³/mol. The third-order valence-electron chi connectivity index (χ3n) is 4.41. The van der Waals surface area contributed by atoms with Crippen molar-refractivity contribution in [2.24, 2.45) is 5.10 Å². The Hall–Kier alpha value is -1.65. The van der Waals surface area contributed by atoms with Crippen molar-refractivity contribution in [2.45, 2.75) is 20.4 Å². The lowest BCUT2D eigenvalue weighted by Gasteiger charge is -2.33. The van der Waals surface area contributed by atoms with Gasteiger partial charge in [-0.2, -0.15) is 5.10 Å². The van der Waals surface area contributed by atoms with Gasteiger partial charge in [-0.15, -0.1) is 0 Å². The molecule has 2 aromatic carbocycles. The van der Waals surface area contributed by atoms with Crippen LogP contribution in [-0.4, -0.2) is 41.8 Å². The predicted octanol–water partition coefficient (Wildman–Crippen LogP) is 4.30. The molecule has 1 aliphatic rings. The van der Waals surface area contributed by atoms with Crippen LogP contribution in [0.2, 0.25) is 0 Å². The van der Waals surface area contributed by atoms with Crippen molar-refractivity contribution in [1.82, 2.24) is 9.91 Å². The second-order valence-electron chi connectivity index (χ2n) is 6.41. The molecule has 0 N–H and O–H groups in total. The number of hydrogen-bond acceptors (Lipinski definition) is 3. The third-order valence-corrected chi connectivity index (χ3v) is 4.90. The lowest BCUT2D eigenvalue weighted by Crippen LogP contribution is -2.43. The maximum absolute atomic E-state index is 4.80. The molecule has 0 amide bonds. The SMILES string of the molecule is CC(=NN1CCN(Cc2ccc(C)cc2)CC1)c1cccc(Br)c1. The Kier molecular flexibility index (Phi) is 5.69. The summed E-state index contributed by atoms with van der Waals surface area (Å²) in [5, 5.41) is 7.00. The molecule has 126 valence electrons. The molecule has 3 nitrogen and oxygen atoms in total. The highest BCUT2D eigenvalue weighted by molar-refractivity contribution is 9.10. The van der Waals surface area contributed by atoms with Crippen LogP contribution >= 0.6 is 15.9 Å². The average molecular weight is 386 g/mol. The van der Waals surface area contributed by atoms with Gasteiger partial charge in [0.25, 0.3) is 0 Å². The fraction of sp³-hybridized carbons (Fsp3) is 0.350. The van der Waals surface area contributed by atoms with Crippen LogP contribution in [0.4, 0.5) is 0 Å². The zero-order valence-electron chi connectivity index (χ0n) is 14.4. The van der Waals surface area contributed by atoms with E-state index in [1.165, 1.54) is 16.7 Å². The Balaban J connectivity index is 1.55. The summed E-state index contributed by atoms with van der Waals surface area (Å²) in [6, 6.07) is 17.2. The fourth-order valence-corrected chi connectivity index (χ4v) is 3.33. The van der Waals surface area contributed by atoms with Gasteiger partial charge in [-0.3, -0.25) is 9.91 Å². The second-order valence-corrected chi connectivity index (χ2v) is 7.33. The molecule has 2 aromatic rings. The molecule has 1 saturated heterocycles. The summed E-state index contributed by atoms with van der Waals surface area (Å²) in [7, 11) is 0. The van der Waals surface area contributed by atoms with Crippen molar-refractivity contribution >= 4 is 21.6 Å². The number of piperazine rings is 1. The Morgan fingerprint density at radius 2 is 1.75 bits per heavy atom. The molecule has 0 radical (unpaired) electrons. The molecule has 0 aliphatic carbocycles. The van der Waals surface area contributed by atoms with Crippen molar-refractivity contribution in [3.8, 4) is 0 Å². The second kappa shape index (κ2) is 7.95. The number of aryl methyl sites for hydroxylation is 1. The quantitative estimate of drug-likeness (QED) is 0.730. The summed E-state index contributed by atoms with van der Waals surface area (Å²) in [5.41, 5.74) is 4.96. The summed E-state index contributed by atoms with van der Waals surface area (Å²) in [6.07, 6.45) is 0. The topological polar surface area (TPSA) is 18.8 Å². The van der Waals surface area contributed by atoms with Gasteiger partial charge in [-0.1, -0.05) is 57.9 Å². The van der Waals surface area contributed by atoms with E-state index >= 15 is 0 Å². The lowest BCUT2D eigenvalue weighted by molar-refractivity contribution is 0.130. The van der Waals surface area contributed by atoms with E-state index in [1.54, 1.807) is 0 Å². The van der Waals surface area contributed by atoms with E-state index in [0.29, 0.717) is 0 Å². The molecule has 24 heavy (non-hydrogen) atoms. The van der Waals surface area contributed by atoms with E-state index < -0.39 is 0 Å². The maximum Gasteiger partial charge on any atom is 0.0647 e. The van der Waals surface area contributed by atoms with E-state index in [4.69, 9.17) is 5.10 Å². The van der Waals surface area contributed by atoms with Crippen molar-refractivity contribution < 1.29 is 0 Å². The highest BCUT2D eigenvalue weighted by atomic mass is 79.9. The first kappa shape index (κ1) is 17.2. The zero-order valence-corrected chi connectivity index (χ0v) is 16.0. The van der Waals surface area contributed by atoms with Gasteiger partial charge in [0.1, 0.15) is 0 Å². The van der Waals surface area contributed by atoms with Gasteiger partial charge in [0.2, 0.25) is 0 Å². The van der Waals surface area contributed by atoms with E-state index in [1.807, 2.05) is 6.07 Å². The van der Waals surface area contributed by atoms with Crippen LogP contribution in [0.25, 0.3) is 0 Å². The summed E-state index contributed by atoms with van der Waals surface area (Å²) in [4.78, 5) is 2.51. The number of benzene rings is 2. The van der Waals surface area contributed by atoms with Crippen LogP contribution in [0.15, 0.2) is 58.1 Å². The van der Waals surface area contributed by atoms with Gasteiger partial charge in [0, 0.05) is 37.2 Å². The average Bonchev–Trinajstić information content (AvgIpc) is 2.59. The minimum Gasteiger partial charge on any atom is -0.295 e. The van der Waals surface area contributed by atoms with Crippen LogP contribution < -0.4 is 0 Å². The van der Waals surface area contributed by atoms with Gasteiger partial charge in [0.05, 0.1) is 5.71 Å². The maximum atomic E-state index is 4.80. The number of nitrogens with zero attached hydrogens (tertiary/aromatic N) is 3. The highest BCUT2D eigenvalue weighted by Gasteiger charge is 2.16. The third kappa shape index (κ3) is 4.68. The summed E-state index contributed by atoms with van der Waals surface area (Å²) in [5.74, 6) is 0. The van der Waals surface area contributed by atoms with E-state index in [0.717, 1.165) is 42.9 Å². The molecular weight excluding hydrogens is 362 g/mol. The largest absolute Gasteiger partial charge is 0.295 e. The highest BCUT2D eigenvalue weighted by Crippen LogP contribution is 2.14. The minimum absolute atomic E-state index is 0.983. The Morgan fingerprint density at radius 1 is 1.04 bits per heavy atom. The first-order valence-corrected chi connectivity index (χ1v) is 9.23. The minimum atomic E-state index is 0.983. The molecule has 0 atom stereocenters. The summed E-state index contributed by atoms with van der Waals surface area (Å²) < 4.78 is 1.09. The van der Waals surface area contributed by atoms with Gasteiger partial charge in [-0.05, 0) is 37.1 Å². The summed E-state index contributed by atoms with van der Waals surface area (Å²) >= 11 is 3.52. The van der Waals surface area contributed by atoms with E-state index in [9.17, 15) is 0 Å². The molecule has 1 fully saturated rings. The van der Waals surface area contributed by atoms with Crippen LogP contribution in [-0.2, 0) is 6.54 Å². The monoisotopic (exact) mass is 385 g/mol.